The van der Waals surface area contributed by atoms with E-state index in [1.165, 1.54) is 7.11 Å². The van der Waals surface area contributed by atoms with Crippen molar-refractivity contribution in [2.45, 2.75) is 44.1 Å². The van der Waals surface area contributed by atoms with E-state index in [0.29, 0.717) is 16.9 Å². The zero-order chi connectivity index (χ0) is 19.2. The number of carbonyl (C=O) groups excluding carboxylic acids is 2. The van der Waals surface area contributed by atoms with Crippen molar-refractivity contribution >= 4 is 11.9 Å². The lowest BCUT2D eigenvalue weighted by Crippen LogP contribution is -2.36. The van der Waals surface area contributed by atoms with E-state index in [1.807, 2.05) is 12.1 Å². The van der Waals surface area contributed by atoms with Gasteiger partial charge in [0.2, 0.25) is 0 Å². The van der Waals surface area contributed by atoms with Gasteiger partial charge in [-0.2, -0.15) is 0 Å². The molecule has 27 heavy (non-hydrogen) atoms. The number of fused-ring (bicyclic) bond motifs is 1. The third-order valence-corrected chi connectivity index (χ3v) is 5.33. The van der Waals surface area contributed by atoms with Gasteiger partial charge < -0.3 is 14.2 Å². The van der Waals surface area contributed by atoms with Crippen LogP contribution >= 0.6 is 0 Å². The first-order valence-corrected chi connectivity index (χ1v) is 9.06. The minimum Gasteiger partial charge on any atom is -0.487 e. The second-order valence-corrected chi connectivity index (χ2v) is 7.96. The van der Waals surface area contributed by atoms with Crippen LogP contribution in [0.3, 0.4) is 0 Å². The van der Waals surface area contributed by atoms with E-state index in [0.717, 1.165) is 30.6 Å². The zero-order valence-corrected chi connectivity index (χ0v) is 15.7. The number of hydrogen-bond donors (Lipinski definition) is 0. The van der Waals surface area contributed by atoms with Crippen molar-refractivity contribution in [3.8, 4) is 11.5 Å². The molecule has 4 rings (SSSR count). The Bertz CT molecular complexity index is 907. The quantitative estimate of drug-likeness (QED) is 0.599. The summed E-state index contributed by atoms with van der Waals surface area (Å²) in [5, 5.41) is 0. The van der Waals surface area contributed by atoms with Crippen LogP contribution in [0, 0.1) is 0 Å². The Labute approximate surface area is 158 Å². The van der Waals surface area contributed by atoms with E-state index in [9.17, 15) is 9.59 Å². The fraction of sp³-hybridized carbons (Fsp3) is 0.364. The third kappa shape index (κ3) is 3.29. The Kier molecular flexibility index (Phi) is 3.98. The van der Waals surface area contributed by atoms with E-state index in [-0.39, 0.29) is 11.0 Å². The minimum atomic E-state index is -0.439. The van der Waals surface area contributed by atoms with Crippen LogP contribution < -0.4 is 9.47 Å². The maximum Gasteiger partial charge on any atom is 0.343 e. The molecule has 0 atom stereocenters. The first kappa shape index (κ1) is 17.6. The van der Waals surface area contributed by atoms with Crippen LogP contribution in [0.25, 0.3) is 0 Å². The predicted octanol–water partition coefficient (Wildman–Crippen LogP) is 4.29. The molecule has 1 fully saturated rings. The third-order valence-electron chi connectivity index (χ3n) is 5.33. The average molecular weight is 366 g/mol. The summed E-state index contributed by atoms with van der Waals surface area (Å²) >= 11 is 0. The maximum absolute atomic E-state index is 12.6. The molecule has 0 radical (unpaired) electrons. The molecule has 0 bridgehead atoms. The largest absolute Gasteiger partial charge is 0.487 e. The van der Waals surface area contributed by atoms with E-state index >= 15 is 0 Å². The summed E-state index contributed by atoms with van der Waals surface area (Å²) in [7, 11) is 1.32. The standard InChI is InChI=1S/C22H22O5/c1-21(2)13-22(10-11-22)27-18-9-6-15(12-17(18)21)20(24)26-16-7-4-14(5-8-16)19(23)25-3/h4-9,12H,10-11,13H2,1-3H3. The van der Waals surface area contributed by atoms with Crippen molar-refractivity contribution in [3.63, 3.8) is 0 Å². The van der Waals surface area contributed by atoms with E-state index < -0.39 is 11.9 Å². The van der Waals surface area contributed by atoms with Gasteiger partial charge in [0.1, 0.15) is 17.1 Å². The Morgan fingerprint density at radius 2 is 1.63 bits per heavy atom. The minimum absolute atomic E-state index is 0.0000898. The van der Waals surface area contributed by atoms with E-state index in [2.05, 4.69) is 18.6 Å². The van der Waals surface area contributed by atoms with Gasteiger partial charge in [-0.15, -0.1) is 0 Å². The Morgan fingerprint density at radius 3 is 2.26 bits per heavy atom. The maximum atomic E-state index is 12.6. The summed E-state index contributed by atoms with van der Waals surface area (Å²) in [6.07, 6.45) is 3.16. The van der Waals surface area contributed by atoms with Crippen LogP contribution in [0.15, 0.2) is 42.5 Å². The van der Waals surface area contributed by atoms with Gasteiger partial charge in [-0.25, -0.2) is 9.59 Å². The van der Waals surface area contributed by atoms with Gasteiger partial charge in [-0.3, -0.25) is 0 Å². The number of carbonyl (C=O) groups is 2. The van der Waals surface area contributed by atoms with Crippen molar-refractivity contribution in [1.82, 2.24) is 0 Å². The number of esters is 2. The fourth-order valence-electron chi connectivity index (χ4n) is 3.81. The highest BCUT2D eigenvalue weighted by molar-refractivity contribution is 5.92. The molecule has 1 aliphatic heterocycles. The monoisotopic (exact) mass is 366 g/mol. The highest BCUT2D eigenvalue weighted by atomic mass is 16.5. The lowest BCUT2D eigenvalue weighted by atomic mass is 9.76. The van der Waals surface area contributed by atoms with E-state index in [1.54, 1.807) is 30.3 Å². The van der Waals surface area contributed by atoms with E-state index in [4.69, 9.17) is 9.47 Å². The molecule has 2 aliphatic rings. The van der Waals surface area contributed by atoms with Gasteiger partial charge in [0, 0.05) is 5.56 Å². The molecule has 140 valence electrons. The predicted molar refractivity (Wildman–Crippen MR) is 99.4 cm³/mol. The topological polar surface area (TPSA) is 61.8 Å². The second kappa shape index (κ2) is 6.12. The number of methoxy groups -OCH3 is 1. The summed E-state index contributed by atoms with van der Waals surface area (Å²) in [5.41, 5.74) is 1.87. The number of ether oxygens (including phenoxy) is 3. The number of hydrogen-bond acceptors (Lipinski definition) is 5. The Balaban J connectivity index is 1.54. The van der Waals surface area contributed by atoms with Crippen LogP contribution in [0.2, 0.25) is 0 Å². The van der Waals surface area contributed by atoms with Crippen molar-refractivity contribution < 1.29 is 23.8 Å². The van der Waals surface area contributed by atoms with Crippen molar-refractivity contribution in [2.24, 2.45) is 0 Å². The van der Waals surface area contributed by atoms with Crippen molar-refractivity contribution in [1.29, 1.82) is 0 Å². The first-order chi connectivity index (χ1) is 12.8. The summed E-state index contributed by atoms with van der Waals surface area (Å²) in [4.78, 5) is 24.0. The molecule has 1 spiro atoms. The smallest absolute Gasteiger partial charge is 0.343 e. The van der Waals surface area contributed by atoms with Gasteiger partial charge in [-0.1, -0.05) is 13.8 Å². The van der Waals surface area contributed by atoms with Crippen LogP contribution in [-0.2, 0) is 10.2 Å². The summed E-state index contributed by atoms with van der Waals surface area (Å²) in [6.45, 7) is 4.38. The average Bonchev–Trinajstić information content (AvgIpc) is 3.38. The fourth-order valence-corrected chi connectivity index (χ4v) is 3.81. The molecule has 1 heterocycles. The molecule has 0 amide bonds. The van der Waals surface area contributed by atoms with Crippen molar-refractivity contribution in [2.75, 3.05) is 7.11 Å². The lowest BCUT2D eigenvalue weighted by Gasteiger charge is -2.38. The molecular weight excluding hydrogens is 344 g/mol. The van der Waals surface area contributed by atoms with Gasteiger partial charge in [-0.05, 0) is 67.1 Å². The summed E-state index contributed by atoms with van der Waals surface area (Å²) < 4.78 is 16.3. The molecule has 2 aromatic rings. The molecule has 5 nitrogen and oxygen atoms in total. The summed E-state index contributed by atoms with van der Waals surface area (Å²) in [5.74, 6) is 0.366. The van der Waals surface area contributed by atoms with Crippen LogP contribution in [0.5, 0.6) is 11.5 Å². The second-order valence-electron chi connectivity index (χ2n) is 7.96. The van der Waals surface area contributed by atoms with Gasteiger partial charge >= 0.3 is 11.9 Å². The van der Waals surface area contributed by atoms with Gasteiger partial charge in [0.05, 0.1) is 18.2 Å². The van der Waals surface area contributed by atoms with Gasteiger partial charge in [0.15, 0.2) is 0 Å². The molecule has 0 aromatic heterocycles. The normalized spacial score (nSPS) is 18.2. The van der Waals surface area contributed by atoms with Crippen LogP contribution in [-0.4, -0.2) is 24.6 Å². The molecule has 0 saturated heterocycles. The first-order valence-electron chi connectivity index (χ1n) is 9.06. The molecule has 1 saturated carbocycles. The molecule has 2 aromatic carbocycles. The highest BCUT2D eigenvalue weighted by Crippen LogP contribution is 2.54. The van der Waals surface area contributed by atoms with Crippen LogP contribution in [0.1, 0.15) is 59.4 Å². The highest BCUT2D eigenvalue weighted by Gasteiger charge is 2.53. The molecule has 0 N–H and O–H groups in total. The van der Waals surface area contributed by atoms with Gasteiger partial charge in [0.25, 0.3) is 0 Å². The molecule has 5 heteroatoms. The molecule has 0 unspecified atom stereocenters. The number of rotatable bonds is 3. The Hall–Kier alpha value is -2.82. The van der Waals surface area contributed by atoms with Crippen LogP contribution in [0.4, 0.5) is 0 Å². The SMILES string of the molecule is COC(=O)c1ccc(OC(=O)c2ccc3c(c2)C(C)(C)CC2(CC2)O3)cc1. The molecular formula is C22H22O5. The Morgan fingerprint density at radius 1 is 0.963 bits per heavy atom. The lowest BCUT2D eigenvalue weighted by molar-refractivity contribution is 0.0600. The summed E-state index contributed by atoms with van der Waals surface area (Å²) in [6, 6.07) is 11.8. The van der Waals surface area contributed by atoms with Crippen molar-refractivity contribution in [3.05, 3.63) is 59.2 Å². The number of benzene rings is 2. The zero-order valence-electron chi connectivity index (χ0n) is 15.7. The molecule has 1 aliphatic carbocycles.